The number of rotatable bonds is 6. The summed E-state index contributed by atoms with van der Waals surface area (Å²) in [5.41, 5.74) is 0. The van der Waals surface area contributed by atoms with Crippen LogP contribution in [0.15, 0.2) is 29.2 Å². The van der Waals surface area contributed by atoms with Gasteiger partial charge in [0, 0.05) is 25.0 Å². The number of halogens is 1. The molecule has 136 valence electrons. The van der Waals surface area contributed by atoms with E-state index in [0.717, 1.165) is 9.21 Å². The molecule has 0 atom stereocenters. The Morgan fingerprint density at radius 2 is 1.92 bits per heavy atom. The molecule has 0 saturated carbocycles. The van der Waals surface area contributed by atoms with Crippen molar-refractivity contribution in [1.82, 2.24) is 9.21 Å². The maximum absolute atomic E-state index is 12.3. The highest BCUT2D eigenvalue weighted by Gasteiger charge is 2.28. The highest BCUT2D eigenvalue weighted by atomic mass is 35.5. The quantitative estimate of drug-likeness (QED) is 0.663. The van der Waals surface area contributed by atoms with Crippen molar-refractivity contribution in [2.75, 3.05) is 26.7 Å². The van der Waals surface area contributed by atoms with Crippen LogP contribution in [0.4, 0.5) is 0 Å². The molecule has 25 heavy (non-hydrogen) atoms. The standard InChI is InChI=1S/C15H17ClN2O6S/c1-17(25(22,23)12-6-4-11(16)5-7-12)9-15(21)24-10-14(20)18-8-2-3-13(18)19/h4-7H,2-3,8-10H2,1H3. The van der Waals surface area contributed by atoms with Crippen LogP contribution in [0.5, 0.6) is 0 Å². The van der Waals surface area contributed by atoms with E-state index in [0.29, 0.717) is 24.4 Å². The van der Waals surface area contributed by atoms with E-state index in [4.69, 9.17) is 16.3 Å². The molecule has 1 aliphatic heterocycles. The highest BCUT2D eigenvalue weighted by Crippen LogP contribution is 2.17. The summed E-state index contributed by atoms with van der Waals surface area (Å²) in [5.74, 6) is -1.80. The zero-order valence-corrected chi connectivity index (χ0v) is 15.0. The van der Waals surface area contributed by atoms with Crippen LogP contribution in [0.25, 0.3) is 0 Å². The minimum Gasteiger partial charge on any atom is -0.455 e. The number of likely N-dealkylation sites (N-methyl/N-ethyl adjacent to an activating group) is 1. The first kappa shape index (κ1) is 19.4. The van der Waals surface area contributed by atoms with Crippen molar-refractivity contribution in [3.05, 3.63) is 29.3 Å². The summed E-state index contributed by atoms with van der Waals surface area (Å²) >= 11 is 5.72. The first-order chi connectivity index (χ1) is 11.7. The molecule has 0 aromatic heterocycles. The van der Waals surface area contributed by atoms with Gasteiger partial charge in [-0.1, -0.05) is 11.6 Å². The van der Waals surface area contributed by atoms with Crippen LogP contribution in [0.2, 0.25) is 5.02 Å². The predicted octanol–water partition coefficient (Wildman–Crippen LogP) is 0.653. The van der Waals surface area contributed by atoms with E-state index in [1.807, 2.05) is 0 Å². The fraction of sp³-hybridized carbons (Fsp3) is 0.400. The molecular formula is C15H17ClN2O6S. The van der Waals surface area contributed by atoms with Crippen molar-refractivity contribution < 1.29 is 27.5 Å². The van der Waals surface area contributed by atoms with Gasteiger partial charge in [-0.2, -0.15) is 4.31 Å². The third kappa shape index (κ3) is 4.77. The van der Waals surface area contributed by atoms with Gasteiger partial charge in [0.1, 0.15) is 6.54 Å². The molecule has 2 rings (SSSR count). The topological polar surface area (TPSA) is 101 Å². The molecular weight excluding hydrogens is 372 g/mol. The summed E-state index contributed by atoms with van der Waals surface area (Å²) in [6, 6.07) is 5.49. The zero-order valence-electron chi connectivity index (χ0n) is 13.5. The van der Waals surface area contributed by atoms with E-state index in [-0.39, 0.29) is 10.8 Å². The van der Waals surface area contributed by atoms with Gasteiger partial charge in [0.05, 0.1) is 4.90 Å². The highest BCUT2D eigenvalue weighted by molar-refractivity contribution is 7.89. The maximum atomic E-state index is 12.3. The van der Waals surface area contributed by atoms with Crippen molar-refractivity contribution in [1.29, 1.82) is 0 Å². The van der Waals surface area contributed by atoms with Gasteiger partial charge in [-0.15, -0.1) is 0 Å². The summed E-state index contributed by atoms with van der Waals surface area (Å²) in [4.78, 5) is 36.0. The van der Waals surface area contributed by atoms with Gasteiger partial charge in [0.15, 0.2) is 6.61 Å². The monoisotopic (exact) mass is 388 g/mol. The van der Waals surface area contributed by atoms with Gasteiger partial charge < -0.3 is 4.74 Å². The van der Waals surface area contributed by atoms with E-state index in [1.54, 1.807) is 0 Å². The van der Waals surface area contributed by atoms with Crippen molar-refractivity contribution in [3.8, 4) is 0 Å². The second kappa shape index (κ2) is 7.94. The van der Waals surface area contributed by atoms with E-state index in [1.165, 1.54) is 31.3 Å². The normalized spacial score (nSPS) is 14.8. The molecule has 0 spiro atoms. The molecule has 0 aliphatic carbocycles. The number of carbonyl (C=O) groups is 3. The fourth-order valence-corrected chi connectivity index (χ4v) is 3.47. The summed E-state index contributed by atoms with van der Waals surface area (Å²) in [7, 11) is -2.67. The Morgan fingerprint density at radius 1 is 1.28 bits per heavy atom. The lowest BCUT2D eigenvalue weighted by atomic mass is 10.4. The second-order valence-electron chi connectivity index (χ2n) is 5.42. The Labute approximate surface area is 150 Å². The second-order valence-corrected chi connectivity index (χ2v) is 7.90. The number of nitrogens with zero attached hydrogens (tertiary/aromatic N) is 2. The summed E-state index contributed by atoms with van der Waals surface area (Å²) < 4.78 is 30.2. The minimum absolute atomic E-state index is 0.0223. The maximum Gasteiger partial charge on any atom is 0.321 e. The molecule has 8 nitrogen and oxygen atoms in total. The van der Waals surface area contributed by atoms with Crippen molar-refractivity contribution in [2.24, 2.45) is 0 Å². The van der Waals surface area contributed by atoms with E-state index in [2.05, 4.69) is 0 Å². The Bertz CT molecular complexity index is 778. The van der Waals surface area contributed by atoms with Crippen LogP contribution >= 0.6 is 11.6 Å². The van der Waals surface area contributed by atoms with Gasteiger partial charge >= 0.3 is 5.97 Å². The number of hydrogen-bond donors (Lipinski definition) is 0. The fourth-order valence-electron chi connectivity index (χ4n) is 2.23. The van der Waals surface area contributed by atoms with Crippen LogP contribution < -0.4 is 0 Å². The number of carbonyl (C=O) groups excluding carboxylic acids is 3. The Kier molecular flexibility index (Phi) is 6.15. The van der Waals surface area contributed by atoms with Crippen molar-refractivity contribution in [3.63, 3.8) is 0 Å². The van der Waals surface area contributed by atoms with Gasteiger partial charge in [0.25, 0.3) is 5.91 Å². The summed E-state index contributed by atoms with van der Waals surface area (Å²) in [6.45, 7) is -0.855. The molecule has 0 bridgehead atoms. The van der Waals surface area contributed by atoms with Crippen molar-refractivity contribution in [2.45, 2.75) is 17.7 Å². The molecule has 1 saturated heterocycles. The van der Waals surface area contributed by atoms with Crippen LogP contribution in [-0.4, -0.2) is 62.2 Å². The van der Waals surface area contributed by atoms with Crippen LogP contribution in [0.3, 0.4) is 0 Å². The largest absolute Gasteiger partial charge is 0.455 e. The van der Waals surface area contributed by atoms with Crippen LogP contribution in [-0.2, 0) is 29.1 Å². The summed E-state index contributed by atoms with van der Waals surface area (Å²) in [5, 5.41) is 0.385. The number of benzene rings is 1. The van der Waals surface area contributed by atoms with Gasteiger partial charge in [-0.3, -0.25) is 19.3 Å². The number of imide groups is 1. The third-order valence-corrected chi connectivity index (χ3v) is 5.67. The van der Waals surface area contributed by atoms with Crippen molar-refractivity contribution >= 4 is 39.4 Å². The molecule has 1 aromatic rings. The van der Waals surface area contributed by atoms with E-state index >= 15 is 0 Å². The number of ether oxygens (including phenoxy) is 1. The van der Waals surface area contributed by atoms with Gasteiger partial charge in [-0.25, -0.2) is 8.42 Å². The first-order valence-corrected chi connectivity index (χ1v) is 9.24. The Hall–Kier alpha value is -1.97. The van der Waals surface area contributed by atoms with Crippen LogP contribution in [0.1, 0.15) is 12.8 Å². The molecule has 2 amide bonds. The molecule has 1 heterocycles. The lowest BCUT2D eigenvalue weighted by Gasteiger charge is -2.17. The molecule has 1 fully saturated rings. The lowest BCUT2D eigenvalue weighted by Crippen LogP contribution is -2.37. The minimum atomic E-state index is -3.89. The van der Waals surface area contributed by atoms with Crippen LogP contribution in [0, 0.1) is 0 Å². The number of likely N-dealkylation sites (tertiary alicyclic amines) is 1. The average molecular weight is 389 g/mol. The molecule has 10 heteroatoms. The SMILES string of the molecule is CN(CC(=O)OCC(=O)N1CCCC1=O)S(=O)(=O)c1ccc(Cl)cc1. The smallest absolute Gasteiger partial charge is 0.321 e. The first-order valence-electron chi connectivity index (χ1n) is 7.42. The number of hydrogen-bond acceptors (Lipinski definition) is 6. The van der Waals surface area contributed by atoms with Gasteiger partial charge in [0.2, 0.25) is 15.9 Å². The van der Waals surface area contributed by atoms with E-state index in [9.17, 15) is 22.8 Å². The predicted molar refractivity (Wildman–Crippen MR) is 88.2 cm³/mol. The molecule has 0 radical (unpaired) electrons. The molecule has 1 aromatic carbocycles. The Balaban J connectivity index is 1.90. The molecule has 0 unspecified atom stereocenters. The summed E-state index contributed by atoms with van der Waals surface area (Å²) in [6.07, 6.45) is 0.877. The molecule has 0 N–H and O–H groups in total. The number of sulfonamides is 1. The lowest BCUT2D eigenvalue weighted by molar-refractivity contribution is -0.154. The average Bonchev–Trinajstić information content (AvgIpc) is 2.99. The Morgan fingerprint density at radius 3 is 2.48 bits per heavy atom. The molecule has 1 aliphatic rings. The van der Waals surface area contributed by atoms with Gasteiger partial charge in [-0.05, 0) is 30.7 Å². The third-order valence-electron chi connectivity index (χ3n) is 3.60. The number of esters is 1. The number of amides is 2. The zero-order chi connectivity index (χ0) is 18.6. The van der Waals surface area contributed by atoms with E-state index < -0.39 is 35.1 Å².